The Labute approximate surface area is 61.8 Å². The van der Waals surface area contributed by atoms with E-state index < -0.39 is 0 Å². The molecule has 0 fully saturated rings. The molecular weight excluding hydrogens is 150 g/mol. The smallest absolute Gasteiger partial charge is 0.247 e. The average molecular weight is 155 g/mol. The zero-order valence-corrected chi connectivity index (χ0v) is 5.97. The average Bonchev–Trinajstić information content (AvgIpc) is 2.59. The van der Waals surface area contributed by atoms with Gasteiger partial charge in [0.25, 0.3) is 0 Å². The molecule has 52 valence electrons. The molecule has 5 heteroatoms. The van der Waals surface area contributed by atoms with Gasteiger partial charge in [0.2, 0.25) is 5.90 Å². The van der Waals surface area contributed by atoms with E-state index >= 15 is 0 Å². The first-order chi connectivity index (χ1) is 4.97. The van der Waals surface area contributed by atoms with Gasteiger partial charge in [0, 0.05) is 0 Å². The van der Waals surface area contributed by atoms with Gasteiger partial charge in [-0.25, -0.2) is 9.98 Å². The second kappa shape index (κ2) is 2.34. The summed E-state index contributed by atoms with van der Waals surface area (Å²) in [6.45, 7) is 1.42. The number of aromatic nitrogens is 2. The fourth-order valence-electron chi connectivity index (χ4n) is 0.732. The second-order valence-electron chi connectivity index (χ2n) is 1.78. The summed E-state index contributed by atoms with van der Waals surface area (Å²) in [4.78, 5) is 8.03. The Morgan fingerprint density at radius 2 is 2.60 bits per heavy atom. The highest BCUT2D eigenvalue weighted by atomic mass is 32.1. The second-order valence-corrected chi connectivity index (χ2v) is 2.56. The zero-order chi connectivity index (χ0) is 6.81. The summed E-state index contributed by atoms with van der Waals surface area (Å²) in [7, 11) is 0. The van der Waals surface area contributed by atoms with Crippen LogP contribution in [0.4, 0.5) is 0 Å². The molecule has 0 saturated carbocycles. The van der Waals surface area contributed by atoms with Gasteiger partial charge in [-0.05, 0) is 11.5 Å². The van der Waals surface area contributed by atoms with Gasteiger partial charge in [0.1, 0.15) is 12.9 Å². The predicted molar refractivity (Wildman–Crippen MR) is 37.3 cm³/mol. The van der Waals surface area contributed by atoms with Crippen molar-refractivity contribution in [1.82, 2.24) is 9.36 Å². The van der Waals surface area contributed by atoms with Crippen molar-refractivity contribution in [2.75, 3.05) is 13.2 Å². The summed E-state index contributed by atoms with van der Waals surface area (Å²) in [5, 5.41) is 0.775. The minimum Gasteiger partial charge on any atom is -0.474 e. The summed E-state index contributed by atoms with van der Waals surface area (Å²) in [6, 6.07) is 0. The van der Waals surface area contributed by atoms with Gasteiger partial charge in [-0.15, -0.1) is 0 Å². The van der Waals surface area contributed by atoms with E-state index in [1.807, 2.05) is 0 Å². The highest BCUT2D eigenvalue weighted by molar-refractivity contribution is 7.07. The number of rotatable bonds is 1. The lowest BCUT2D eigenvalue weighted by Gasteiger charge is -1.92. The van der Waals surface area contributed by atoms with Crippen molar-refractivity contribution in [2.24, 2.45) is 4.99 Å². The standard InChI is InChI=1S/C5H5N3OS/c1-2-9-4(6-1)5-7-3-8-10-5/h3H,1-2H2. The van der Waals surface area contributed by atoms with Crippen molar-refractivity contribution in [3.8, 4) is 0 Å². The fourth-order valence-corrected chi connectivity index (χ4v) is 1.22. The van der Waals surface area contributed by atoms with Gasteiger partial charge < -0.3 is 4.74 Å². The van der Waals surface area contributed by atoms with Crippen LogP contribution in [0.2, 0.25) is 0 Å². The van der Waals surface area contributed by atoms with Crippen LogP contribution in [0.25, 0.3) is 0 Å². The van der Waals surface area contributed by atoms with E-state index in [0.29, 0.717) is 12.5 Å². The maximum Gasteiger partial charge on any atom is 0.247 e. The van der Waals surface area contributed by atoms with Gasteiger partial charge in [-0.3, -0.25) is 0 Å². The lowest BCUT2D eigenvalue weighted by atomic mass is 10.7. The van der Waals surface area contributed by atoms with Gasteiger partial charge >= 0.3 is 0 Å². The number of nitrogens with zero attached hydrogens (tertiary/aromatic N) is 3. The largest absolute Gasteiger partial charge is 0.474 e. The Bertz CT molecular complexity index is 243. The Hall–Kier alpha value is -0.970. The Morgan fingerprint density at radius 1 is 1.60 bits per heavy atom. The molecule has 1 aliphatic heterocycles. The van der Waals surface area contributed by atoms with Crippen LogP contribution in [-0.2, 0) is 4.74 Å². The molecule has 1 aromatic heterocycles. The summed E-state index contributed by atoms with van der Waals surface area (Å²) >= 11 is 1.30. The molecule has 0 atom stereocenters. The zero-order valence-electron chi connectivity index (χ0n) is 5.15. The topological polar surface area (TPSA) is 47.4 Å². The normalized spacial score (nSPS) is 16.6. The molecule has 1 aromatic rings. The number of ether oxygens (including phenoxy) is 1. The summed E-state index contributed by atoms with van der Waals surface area (Å²) in [6.07, 6.45) is 1.50. The minimum atomic E-state index is 0.641. The summed E-state index contributed by atoms with van der Waals surface area (Å²) < 4.78 is 8.99. The first-order valence-electron chi connectivity index (χ1n) is 2.91. The van der Waals surface area contributed by atoms with E-state index in [2.05, 4.69) is 14.3 Å². The third kappa shape index (κ3) is 0.881. The van der Waals surface area contributed by atoms with E-state index in [9.17, 15) is 0 Å². The highest BCUT2D eigenvalue weighted by Crippen LogP contribution is 2.06. The van der Waals surface area contributed by atoms with Crippen LogP contribution in [0, 0.1) is 0 Å². The molecule has 0 aromatic carbocycles. The lowest BCUT2D eigenvalue weighted by Crippen LogP contribution is -1.99. The number of hydrogen-bond donors (Lipinski definition) is 0. The van der Waals surface area contributed by atoms with E-state index in [0.717, 1.165) is 11.6 Å². The van der Waals surface area contributed by atoms with Gasteiger partial charge in [0.05, 0.1) is 6.54 Å². The molecule has 10 heavy (non-hydrogen) atoms. The van der Waals surface area contributed by atoms with E-state index in [4.69, 9.17) is 4.74 Å². The van der Waals surface area contributed by atoms with E-state index in [1.165, 1.54) is 17.9 Å². The minimum absolute atomic E-state index is 0.641. The van der Waals surface area contributed by atoms with Gasteiger partial charge in [-0.1, -0.05) is 0 Å². The summed E-state index contributed by atoms with van der Waals surface area (Å²) in [5.41, 5.74) is 0. The van der Waals surface area contributed by atoms with Crippen LogP contribution in [-0.4, -0.2) is 28.4 Å². The van der Waals surface area contributed by atoms with Crippen LogP contribution in [0.1, 0.15) is 5.01 Å². The van der Waals surface area contributed by atoms with E-state index in [1.54, 1.807) is 0 Å². The molecule has 0 bridgehead atoms. The van der Waals surface area contributed by atoms with Crippen LogP contribution in [0.15, 0.2) is 11.3 Å². The van der Waals surface area contributed by atoms with Crippen molar-refractivity contribution in [1.29, 1.82) is 0 Å². The molecule has 0 spiro atoms. The highest BCUT2D eigenvalue weighted by Gasteiger charge is 2.12. The van der Waals surface area contributed by atoms with Crippen molar-refractivity contribution in [3.05, 3.63) is 11.3 Å². The molecule has 0 saturated heterocycles. The molecule has 2 heterocycles. The number of aliphatic imine (C=N–C) groups is 1. The molecule has 0 radical (unpaired) electrons. The van der Waals surface area contributed by atoms with E-state index in [-0.39, 0.29) is 0 Å². The maximum absolute atomic E-state index is 5.16. The predicted octanol–water partition coefficient (Wildman–Crippen LogP) is 0.315. The molecule has 0 unspecified atom stereocenters. The van der Waals surface area contributed by atoms with Crippen LogP contribution < -0.4 is 0 Å². The number of hydrogen-bond acceptors (Lipinski definition) is 5. The first-order valence-corrected chi connectivity index (χ1v) is 3.68. The molecule has 2 rings (SSSR count). The molecule has 0 aliphatic carbocycles. The third-order valence-electron chi connectivity index (χ3n) is 1.13. The van der Waals surface area contributed by atoms with Crippen LogP contribution >= 0.6 is 11.5 Å². The maximum atomic E-state index is 5.16. The first kappa shape index (κ1) is 5.79. The molecule has 0 N–H and O–H groups in total. The van der Waals surface area contributed by atoms with Gasteiger partial charge in [0.15, 0.2) is 5.01 Å². The Balaban J connectivity index is 2.28. The SMILES string of the molecule is c1nsc(C2=NCCO2)n1. The molecule has 0 amide bonds. The lowest BCUT2D eigenvalue weighted by molar-refractivity contribution is 0.348. The molecule has 1 aliphatic rings. The van der Waals surface area contributed by atoms with Crippen molar-refractivity contribution in [2.45, 2.75) is 0 Å². The van der Waals surface area contributed by atoms with Crippen LogP contribution in [0.5, 0.6) is 0 Å². The summed E-state index contributed by atoms with van der Waals surface area (Å²) in [5.74, 6) is 0.641. The Morgan fingerprint density at radius 3 is 3.20 bits per heavy atom. The van der Waals surface area contributed by atoms with Crippen LogP contribution in [0.3, 0.4) is 0 Å². The van der Waals surface area contributed by atoms with Crippen molar-refractivity contribution in [3.63, 3.8) is 0 Å². The third-order valence-corrected chi connectivity index (χ3v) is 1.78. The Kier molecular flexibility index (Phi) is 1.35. The molecular formula is C5H5N3OS. The quantitative estimate of drug-likeness (QED) is 0.586. The monoisotopic (exact) mass is 155 g/mol. The van der Waals surface area contributed by atoms with Crippen molar-refractivity contribution < 1.29 is 4.74 Å². The van der Waals surface area contributed by atoms with Gasteiger partial charge in [-0.2, -0.15) is 4.37 Å². The fraction of sp³-hybridized carbons (Fsp3) is 0.400. The van der Waals surface area contributed by atoms with Crippen molar-refractivity contribution >= 4 is 17.4 Å². The molecule has 4 nitrogen and oxygen atoms in total.